The molecule has 0 atom stereocenters. The third-order valence-electron chi connectivity index (χ3n) is 9.24. The average Bonchev–Trinajstić information content (AvgIpc) is 3.39. The first-order valence-electron chi connectivity index (χ1n) is 20.7. The fourth-order valence-electron chi connectivity index (χ4n) is 6.09. The molecule has 0 unspecified atom stereocenters. The fraction of sp³-hybridized carbons (Fsp3) is 1.00. The maximum Gasteiger partial charge on any atom is 0.0125 e. The van der Waals surface area contributed by atoms with Gasteiger partial charge in [0.25, 0.3) is 0 Å². The van der Waals surface area contributed by atoms with E-state index >= 15 is 0 Å². The first kappa shape index (κ1) is 52.7. The molecule has 0 aromatic rings. The molecule has 3 aliphatic heterocycles. The van der Waals surface area contributed by atoms with Crippen LogP contribution in [-0.2, 0) is 0 Å². The van der Waals surface area contributed by atoms with E-state index in [9.17, 15) is 0 Å². The highest BCUT2D eigenvalue weighted by atomic mass is 15.2. The second-order valence-corrected chi connectivity index (χ2v) is 16.6. The van der Waals surface area contributed by atoms with Gasteiger partial charge in [0.2, 0.25) is 0 Å². The van der Waals surface area contributed by atoms with Crippen molar-refractivity contribution in [2.24, 2.45) is 11.3 Å². The summed E-state index contributed by atoms with van der Waals surface area (Å²) < 4.78 is 0. The Balaban J connectivity index is -0.000000239. The van der Waals surface area contributed by atoms with Crippen molar-refractivity contribution in [3.8, 4) is 0 Å². The lowest BCUT2D eigenvalue weighted by Crippen LogP contribution is -2.49. The normalized spacial score (nSPS) is 19.6. The number of hydrogen-bond donors (Lipinski definition) is 0. The molecule has 0 amide bonds. The Morgan fingerprint density at radius 2 is 0.522 bits per heavy atom. The Morgan fingerprint density at radius 1 is 0.304 bits per heavy atom. The smallest absolute Gasteiger partial charge is 0.0125 e. The number of nitrogens with zero attached hydrogens (tertiary/aromatic N) is 3. The van der Waals surface area contributed by atoms with Gasteiger partial charge in [0.1, 0.15) is 0 Å². The number of hydrogen-bond acceptors (Lipinski definition) is 3. The standard InChI is InChI=1S/C10H21N.C9H19N.C9H18.C7H15N.4C2H6/c1-10(2,3)11-8-6-4-5-7-9-11;1-9(2,3)10-7-5-4-6-8-10;1-9(2,3)8-6-4-5-7-8;1-7(2,3)8-5-4-6-8;4*1-2/h4-9H2,1-3H3;4-8H2,1-3H3;8H,4-7H2,1-3H3;4-6H2,1-3H3;4*1-2H3. The van der Waals surface area contributed by atoms with E-state index in [0.717, 1.165) is 5.92 Å². The molecule has 3 nitrogen and oxygen atoms in total. The van der Waals surface area contributed by atoms with Crippen LogP contribution in [0.3, 0.4) is 0 Å². The van der Waals surface area contributed by atoms with Crippen LogP contribution in [0, 0.1) is 11.3 Å². The van der Waals surface area contributed by atoms with E-state index < -0.39 is 0 Å². The van der Waals surface area contributed by atoms with Crippen molar-refractivity contribution < 1.29 is 0 Å². The van der Waals surface area contributed by atoms with E-state index in [2.05, 4.69) is 97.8 Å². The minimum absolute atomic E-state index is 0.393. The van der Waals surface area contributed by atoms with Gasteiger partial charge >= 0.3 is 0 Å². The molecular weight excluding hydrogens is 558 g/mol. The van der Waals surface area contributed by atoms with E-state index in [1.54, 1.807) is 0 Å². The molecule has 3 heterocycles. The number of piperidine rings is 1. The molecule has 0 N–H and O–H groups in total. The molecule has 3 saturated heterocycles. The van der Waals surface area contributed by atoms with Crippen molar-refractivity contribution in [2.45, 2.75) is 232 Å². The van der Waals surface area contributed by atoms with Crippen molar-refractivity contribution in [3.63, 3.8) is 0 Å². The Bertz CT molecular complexity index is 575. The lowest BCUT2D eigenvalue weighted by Gasteiger charge is -2.42. The van der Waals surface area contributed by atoms with Gasteiger partial charge in [0, 0.05) is 16.6 Å². The van der Waals surface area contributed by atoms with Crippen LogP contribution in [0.2, 0.25) is 0 Å². The summed E-state index contributed by atoms with van der Waals surface area (Å²) in [6.07, 6.45) is 17.2. The lowest BCUT2D eigenvalue weighted by molar-refractivity contribution is 0.0690. The Hall–Kier alpha value is -0.120. The summed E-state index contributed by atoms with van der Waals surface area (Å²) in [4.78, 5) is 7.68. The maximum atomic E-state index is 2.61. The fourth-order valence-corrected chi connectivity index (χ4v) is 6.09. The van der Waals surface area contributed by atoms with Crippen molar-refractivity contribution in [3.05, 3.63) is 0 Å². The second kappa shape index (κ2) is 29.8. The van der Waals surface area contributed by atoms with Crippen molar-refractivity contribution >= 4 is 0 Å². The summed E-state index contributed by atoms with van der Waals surface area (Å²) in [6, 6.07) is 0. The molecule has 46 heavy (non-hydrogen) atoms. The van der Waals surface area contributed by atoms with Crippen LogP contribution in [0.15, 0.2) is 0 Å². The predicted molar refractivity (Wildman–Crippen MR) is 218 cm³/mol. The second-order valence-electron chi connectivity index (χ2n) is 16.6. The molecule has 4 rings (SSSR count). The number of rotatable bonds is 0. The first-order chi connectivity index (χ1) is 21.4. The van der Waals surface area contributed by atoms with Gasteiger partial charge in [-0.2, -0.15) is 0 Å². The lowest BCUT2D eigenvalue weighted by atomic mass is 9.80. The van der Waals surface area contributed by atoms with Crippen LogP contribution in [-0.4, -0.2) is 70.6 Å². The van der Waals surface area contributed by atoms with Gasteiger partial charge in [-0.25, -0.2) is 0 Å². The zero-order valence-corrected chi connectivity index (χ0v) is 36.6. The van der Waals surface area contributed by atoms with Crippen LogP contribution >= 0.6 is 0 Å². The quantitative estimate of drug-likeness (QED) is 0.257. The van der Waals surface area contributed by atoms with Gasteiger partial charge in [-0.05, 0) is 158 Å². The van der Waals surface area contributed by atoms with Gasteiger partial charge in [-0.1, -0.05) is 108 Å². The molecule has 0 spiro atoms. The molecular formula is C43H97N3. The summed E-state index contributed by atoms with van der Waals surface area (Å²) in [5.74, 6) is 1.01. The van der Waals surface area contributed by atoms with E-state index in [1.165, 1.54) is 116 Å². The topological polar surface area (TPSA) is 9.72 Å². The van der Waals surface area contributed by atoms with E-state index in [0.29, 0.717) is 22.0 Å². The molecule has 284 valence electrons. The molecule has 0 radical (unpaired) electrons. The Kier molecular flexibility index (Phi) is 34.1. The molecule has 0 bridgehead atoms. The molecule has 0 aromatic carbocycles. The summed E-state index contributed by atoms with van der Waals surface area (Å²) >= 11 is 0. The monoisotopic (exact) mass is 656 g/mol. The van der Waals surface area contributed by atoms with E-state index in [-0.39, 0.29) is 0 Å². The minimum atomic E-state index is 0.393. The number of likely N-dealkylation sites (tertiary alicyclic amines) is 3. The highest BCUT2D eigenvalue weighted by molar-refractivity contribution is 4.82. The van der Waals surface area contributed by atoms with Crippen LogP contribution in [0.4, 0.5) is 0 Å². The van der Waals surface area contributed by atoms with E-state index in [1.807, 2.05) is 55.4 Å². The highest BCUT2D eigenvalue weighted by Gasteiger charge is 2.27. The SMILES string of the molecule is CC.CC.CC.CC.CC(C)(C)C1CCCC1.CC(C)(C)N1CCC1.CC(C)(C)N1CCCCC1.CC(C)(C)N1CCCCCC1. The van der Waals surface area contributed by atoms with Crippen LogP contribution in [0.5, 0.6) is 0 Å². The molecule has 4 fully saturated rings. The largest absolute Gasteiger partial charge is 0.298 e. The van der Waals surface area contributed by atoms with Gasteiger partial charge in [-0.3, -0.25) is 14.7 Å². The van der Waals surface area contributed by atoms with Gasteiger partial charge in [0.15, 0.2) is 0 Å². The molecule has 1 saturated carbocycles. The van der Waals surface area contributed by atoms with Gasteiger partial charge in [0.05, 0.1) is 0 Å². The average molecular weight is 656 g/mol. The zero-order chi connectivity index (χ0) is 37.0. The Labute approximate surface area is 296 Å². The molecule has 1 aliphatic carbocycles. The summed E-state index contributed by atoms with van der Waals surface area (Å²) in [5, 5.41) is 0. The highest BCUT2D eigenvalue weighted by Crippen LogP contribution is 2.38. The third kappa shape index (κ3) is 27.8. The predicted octanol–water partition coefficient (Wildman–Crippen LogP) is 13.7. The van der Waals surface area contributed by atoms with Crippen molar-refractivity contribution in [1.82, 2.24) is 14.7 Å². The van der Waals surface area contributed by atoms with E-state index in [4.69, 9.17) is 0 Å². The molecule has 0 aromatic heterocycles. The first-order valence-corrected chi connectivity index (χ1v) is 20.7. The zero-order valence-electron chi connectivity index (χ0n) is 36.6. The van der Waals surface area contributed by atoms with Crippen LogP contribution in [0.25, 0.3) is 0 Å². The summed E-state index contributed by atoms with van der Waals surface area (Å²) in [6.45, 7) is 51.6. The van der Waals surface area contributed by atoms with Crippen molar-refractivity contribution in [2.75, 3.05) is 39.3 Å². The minimum Gasteiger partial charge on any atom is -0.298 e. The summed E-state index contributed by atoms with van der Waals surface area (Å²) in [5.41, 5.74) is 1.81. The van der Waals surface area contributed by atoms with Gasteiger partial charge in [-0.15, -0.1) is 0 Å². The molecule has 4 aliphatic rings. The summed E-state index contributed by atoms with van der Waals surface area (Å²) in [7, 11) is 0. The van der Waals surface area contributed by atoms with Crippen LogP contribution < -0.4 is 0 Å². The molecule has 3 heteroatoms. The third-order valence-corrected chi connectivity index (χ3v) is 9.24. The Morgan fingerprint density at radius 3 is 0.674 bits per heavy atom. The van der Waals surface area contributed by atoms with Crippen molar-refractivity contribution in [1.29, 1.82) is 0 Å². The van der Waals surface area contributed by atoms with Gasteiger partial charge < -0.3 is 0 Å². The van der Waals surface area contributed by atoms with Crippen LogP contribution in [0.1, 0.15) is 216 Å². The maximum absolute atomic E-state index is 2.61.